The van der Waals surface area contributed by atoms with Gasteiger partial charge in [-0.3, -0.25) is 4.72 Å². The van der Waals surface area contributed by atoms with Crippen molar-refractivity contribution in [1.82, 2.24) is 14.3 Å². The normalized spacial score (nSPS) is 20.6. The molecule has 2 aromatic rings. The van der Waals surface area contributed by atoms with Crippen molar-refractivity contribution >= 4 is 32.4 Å². The summed E-state index contributed by atoms with van der Waals surface area (Å²) in [5.74, 6) is -1.86. The second kappa shape index (κ2) is 8.03. The van der Waals surface area contributed by atoms with Crippen molar-refractivity contribution in [3.05, 3.63) is 30.1 Å². The highest BCUT2D eigenvalue weighted by atomic mass is 32.2. The summed E-state index contributed by atoms with van der Waals surface area (Å²) in [7, 11) is -0.394. The van der Waals surface area contributed by atoms with Gasteiger partial charge in [0.25, 0.3) is 10.0 Å². The average molecular weight is 418 g/mol. The van der Waals surface area contributed by atoms with Gasteiger partial charge in [-0.1, -0.05) is 12.8 Å². The van der Waals surface area contributed by atoms with Gasteiger partial charge in [-0.15, -0.1) is 0 Å². The Bertz CT molecular complexity index is 890. The largest absolute Gasteiger partial charge is 0.378 e. The molecule has 1 aromatic heterocycles. The predicted molar refractivity (Wildman–Crippen MR) is 100 cm³/mol. The SMILES string of the molecule is CN(C)[C@H]1CCCC[C@@H]1Nc1cc(F)c(S(=O)(=O)Nc2ncns2)cc1F. The van der Waals surface area contributed by atoms with Gasteiger partial charge in [0.05, 0.1) is 5.69 Å². The van der Waals surface area contributed by atoms with Crippen molar-refractivity contribution in [2.75, 3.05) is 24.1 Å². The summed E-state index contributed by atoms with van der Waals surface area (Å²) in [4.78, 5) is 4.98. The molecule has 148 valence electrons. The number of nitrogens with zero attached hydrogens (tertiary/aromatic N) is 3. The van der Waals surface area contributed by atoms with Crippen LogP contribution in [0.3, 0.4) is 0 Å². The molecule has 3 rings (SSSR count). The van der Waals surface area contributed by atoms with Crippen LogP contribution in [0, 0.1) is 11.6 Å². The zero-order valence-corrected chi connectivity index (χ0v) is 16.6. The summed E-state index contributed by atoms with van der Waals surface area (Å²) in [5.41, 5.74) is -0.0406. The average Bonchev–Trinajstić information content (AvgIpc) is 3.10. The molecular weight excluding hydrogens is 396 g/mol. The molecule has 0 radical (unpaired) electrons. The lowest BCUT2D eigenvalue weighted by Gasteiger charge is -2.37. The Morgan fingerprint density at radius 3 is 2.59 bits per heavy atom. The highest BCUT2D eigenvalue weighted by Gasteiger charge is 2.29. The fourth-order valence-corrected chi connectivity index (χ4v) is 5.06. The van der Waals surface area contributed by atoms with E-state index in [1.165, 1.54) is 0 Å². The van der Waals surface area contributed by atoms with E-state index in [-0.39, 0.29) is 22.9 Å². The molecule has 27 heavy (non-hydrogen) atoms. The second-order valence-electron chi connectivity index (χ2n) is 6.68. The molecule has 2 N–H and O–H groups in total. The van der Waals surface area contributed by atoms with Crippen LogP contribution in [0.15, 0.2) is 23.4 Å². The minimum atomic E-state index is -4.30. The first-order valence-electron chi connectivity index (χ1n) is 8.49. The topological polar surface area (TPSA) is 87.2 Å². The molecular formula is C16H21F2N5O2S2. The van der Waals surface area contributed by atoms with Crippen molar-refractivity contribution in [3.8, 4) is 0 Å². The molecule has 0 spiro atoms. The number of rotatable bonds is 6. The molecule has 2 atom stereocenters. The standard InChI is InChI=1S/C16H21F2N5O2S2/c1-23(2)14-6-4-3-5-12(14)21-13-7-11(18)15(8-10(13)17)27(24,25)22-16-19-9-20-26-16/h7-9,12,14,21H,3-6H2,1-2H3,(H,19,20,22)/t12-,14-/m0/s1. The molecule has 1 saturated carbocycles. The van der Waals surface area contributed by atoms with Gasteiger partial charge in [0, 0.05) is 29.7 Å². The molecule has 0 bridgehead atoms. The number of nitrogens with one attached hydrogen (secondary N) is 2. The van der Waals surface area contributed by atoms with Crippen LogP contribution in [0.25, 0.3) is 0 Å². The number of likely N-dealkylation sites (N-methyl/N-ethyl adjacent to an activating group) is 1. The van der Waals surface area contributed by atoms with Gasteiger partial charge in [0.1, 0.15) is 22.9 Å². The molecule has 1 aliphatic carbocycles. The van der Waals surface area contributed by atoms with Gasteiger partial charge in [-0.25, -0.2) is 22.2 Å². The Morgan fingerprint density at radius 1 is 1.19 bits per heavy atom. The van der Waals surface area contributed by atoms with Crippen molar-refractivity contribution in [1.29, 1.82) is 0 Å². The summed E-state index contributed by atoms with van der Waals surface area (Å²) in [6.07, 6.45) is 5.06. The quantitative estimate of drug-likeness (QED) is 0.752. The smallest absolute Gasteiger partial charge is 0.266 e. The van der Waals surface area contributed by atoms with Crippen LogP contribution < -0.4 is 10.0 Å². The van der Waals surface area contributed by atoms with Crippen LogP contribution in [-0.4, -0.2) is 48.9 Å². The third kappa shape index (κ3) is 4.53. The number of sulfonamides is 1. The lowest BCUT2D eigenvalue weighted by molar-refractivity contribution is 0.211. The van der Waals surface area contributed by atoms with E-state index in [4.69, 9.17) is 0 Å². The number of hydrogen-bond donors (Lipinski definition) is 2. The maximum atomic E-state index is 14.6. The Hall–Kier alpha value is -1.85. The molecule has 0 saturated heterocycles. The third-order valence-corrected chi connectivity index (χ3v) is 6.69. The van der Waals surface area contributed by atoms with Crippen molar-refractivity contribution in [2.24, 2.45) is 0 Å². The molecule has 0 unspecified atom stereocenters. The van der Waals surface area contributed by atoms with E-state index >= 15 is 0 Å². The van der Waals surface area contributed by atoms with Gasteiger partial charge in [0.2, 0.25) is 5.13 Å². The monoisotopic (exact) mass is 417 g/mol. The van der Waals surface area contributed by atoms with Crippen LogP contribution in [0.5, 0.6) is 0 Å². The van der Waals surface area contributed by atoms with E-state index in [2.05, 4.69) is 24.3 Å². The van der Waals surface area contributed by atoms with E-state index in [1.54, 1.807) is 0 Å². The summed E-state index contributed by atoms with van der Waals surface area (Å²) in [5, 5.41) is 3.03. The van der Waals surface area contributed by atoms with E-state index in [1.807, 2.05) is 14.1 Å². The second-order valence-corrected chi connectivity index (χ2v) is 9.11. The number of benzene rings is 1. The van der Waals surface area contributed by atoms with Crippen molar-refractivity contribution in [2.45, 2.75) is 42.7 Å². The van der Waals surface area contributed by atoms with Crippen LogP contribution in [0.2, 0.25) is 0 Å². The van der Waals surface area contributed by atoms with Crippen LogP contribution in [0.1, 0.15) is 25.7 Å². The first-order valence-corrected chi connectivity index (χ1v) is 10.7. The van der Waals surface area contributed by atoms with Crippen LogP contribution >= 0.6 is 11.5 Å². The Morgan fingerprint density at radius 2 is 1.93 bits per heavy atom. The molecule has 7 nitrogen and oxygen atoms in total. The number of aromatic nitrogens is 2. The summed E-state index contributed by atoms with van der Waals surface area (Å²) >= 11 is 0.799. The summed E-state index contributed by atoms with van der Waals surface area (Å²) in [6, 6.07) is 1.74. The van der Waals surface area contributed by atoms with Gasteiger partial charge >= 0.3 is 0 Å². The van der Waals surface area contributed by atoms with Crippen molar-refractivity contribution in [3.63, 3.8) is 0 Å². The summed E-state index contributed by atoms with van der Waals surface area (Å²) in [6.45, 7) is 0. The zero-order chi connectivity index (χ0) is 19.6. The fourth-order valence-electron chi connectivity index (χ4n) is 3.33. The first kappa shape index (κ1) is 19.9. The maximum absolute atomic E-state index is 14.6. The Labute approximate surface area is 161 Å². The van der Waals surface area contributed by atoms with Crippen molar-refractivity contribution < 1.29 is 17.2 Å². The molecule has 11 heteroatoms. The van der Waals surface area contributed by atoms with E-state index in [0.29, 0.717) is 6.07 Å². The van der Waals surface area contributed by atoms with Gasteiger partial charge < -0.3 is 10.2 Å². The lowest BCUT2D eigenvalue weighted by atomic mass is 9.89. The predicted octanol–water partition coefficient (Wildman–Crippen LogP) is 2.90. The Balaban J connectivity index is 1.84. The highest BCUT2D eigenvalue weighted by molar-refractivity contribution is 7.93. The molecule has 1 aromatic carbocycles. The molecule has 0 aliphatic heterocycles. The molecule has 0 amide bonds. The molecule has 1 aliphatic rings. The van der Waals surface area contributed by atoms with Crippen LogP contribution in [0.4, 0.5) is 19.6 Å². The van der Waals surface area contributed by atoms with Gasteiger partial charge in [0.15, 0.2) is 0 Å². The lowest BCUT2D eigenvalue weighted by Crippen LogP contribution is -2.45. The maximum Gasteiger partial charge on any atom is 0.266 e. The van der Waals surface area contributed by atoms with E-state index in [9.17, 15) is 17.2 Å². The first-order chi connectivity index (χ1) is 12.8. The minimum absolute atomic E-state index is 0.0203. The third-order valence-electron chi connectivity index (χ3n) is 4.63. The minimum Gasteiger partial charge on any atom is -0.378 e. The number of halogens is 2. The highest BCUT2D eigenvalue weighted by Crippen LogP contribution is 2.29. The van der Waals surface area contributed by atoms with E-state index < -0.39 is 26.6 Å². The van der Waals surface area contributed by atoms with Gasteiger partial charge in [-0.2, -0.15) is 4.37 Å². The Kier molecular flexibility index (Phi) is 5.92. The fraction of sp³-hybridized carbons (Fsp3) is 0.500. The van der Waals surface area contributed by atoms with Crippen LogP contribution in [-0.2, 0) is 10.0 Å². The van der Waals surface area contributed by atoms with E-state index in [0.717, 1.165) is 49.6 Å². The molecule has 1 fully saturated rings. The zero-order valence-electron chi connectivity index (χ0n) is 14.9. The van der Waals surface area contributed by atoms with Gasteiger partial charge in [-0.05, 0) is 33.0 Å². The number of hydrogen-bond acceptors (Lipinski definition) is 7. The number of anilines is 2. The summed E-state index contributed by atoms with van der Waals surface area (Å²) < 4.78 is 59.4. The molecule has 1 heterocycles.